The van der Waals surface area contributed by atoms with Crippen LogP contribution >= 0.6 is 0 Å². The summed E-state index contributed by atoms with van der Waals surface area (Å²) in [5.74, 6) is 2.62. The molecule has 0 spiro atoms. The van der Waals surface area contributed by atoms with Crippen LogP contribution in [0.25, 0.3) is 11.5 Å². The summed E-state index contributed by atoms with van der Waals surface area (Å²) in [4.78, 5) is 28.6. The summed E-state index contributed by atoms with van der Waals surface area (Å²) in [7, 11) is 3.59. The Morgan fingerprint density at radius 1 is 1.27 bits per heavy atom. The molecule has 1 atom stereocenters. The van der Waals surface area contributed by atoms with Crippen molar-refractivity contribution in [3.63, 3.8) is 0 Å². The molecule has 0 unspecified atom stereocenters. The number of carbonyl (C=O) groups is 1. The number of methoxy groups -OCH3 is 1. The first-order valence-corrected chi connectivity index (χ1v) is 10.3. The molecule has 7 heteroatoms. The predicted octanol–water partition coefficient (Wildman–Crippen LogP) is 3.14. The Kier molecular flexibility index (Phi) is 5.79. The smallest absolute Gasteiger partial charge is 0.227 e. The van der Waals surface area contributed by atoms with Crippen LogP contribution in [0.3, 0.4) is 0 Å². The fourth-order valence-electron chi connectivity index (χ4n) is 4.10. The van der Waals surface area contributed by atoms with Gasteiger partial charge in [-0.25, -0.2) is 15.0 Å². The van der Waals surface area contributed by atoms with Crippen molar-refractivity contribution in [2.75, 3.05) is 20.2 Å². The van der Waals surface area contributed by atoms with Crippen molar-refractivity contribution in [3.05, 3.63) is 59.8 Å². The number of aromatic nitrogens is 4. The van der Waals surface area contributed by atoms with Gasteiger partial charge in [0, 0.05) is 49.7 Å². The van der Waals surface area contributed by atoms with Crippen molar-refractivity contribution in [1.82, 2.24) is 24.4 Å². The highest BCUT2D eigenvalue weighted by Gasteiger charge is 2.27. The van der Waals surface area contributed by atoms with E-state index < -0.39 is 0 Å². The maximum absolute atomic E-state index is 13.0. The van der Waals surface area contributed by atoms with E-state index in [0.29, 0.717) is 13.0 Å². The minimum atomic E-state index is 0.124. The summed E-state index contributed by atoms with van der Waals surface area (Å²) in [6.45, 7) is 3.36. The van der Waals surface area contributed by atoms with Gasteiger partial charge in [0.25, 0.3) is 0 Å². The number of benzene rings is 1. The normalized spacial score (nSPS) is 16.5. The second-order valence-corrected chi connectivity index (χ2v) is 7.75. The van der Waals surface area contributed by atoms with Gasteiger partial charge in [0.2, 0.25) is 5.91 Å². The SMILES string of the molecule is COc1ccccc1CC(=O)N1CCC[C@H](c2cc(-c3nccn3C)nc(C)n2)C1. The van der Waals surface area contributed by atoms with Gasteiger partial charge < -0.3 is 14.2 Å². The molecule has 1 fully saturated rings. The summed E-state index contributed by atoms with van der Waals surface area (Å²) < 4.78 is 7.35. The lowest BCUT2D eigenvalue weighted by Crippen LogP contribution is -2.40. The lowest BCUT2D eigenvalue weighted by atomic mass is 9.93. The number of hydrogen-bond acceptors (Lipinski definition) is 5. The molecule has 1 aliphatic heterocycles. The minimum absolute atomic E-state index is 0.124. The van der Waals surface area contributed by atoms with Crippen LogP contribution in [0, 0.1) is 6.92 Å². The van der Waals surface area contributed by atoms with E-state index in [-0.39, 0.29) is 11.8 Å². The van der Waals surface area contributed by atoms with E-state index in [1.807, 2.05) is 60.0 Å². The largest absolute Gasteiger partial charge is 0.496 e. The third-order valence-corrected chi connectivity index (χ3v) is 5.63. The van der Waals surface area contributed by atoms with E-state index in [4.69, 9.17) is 9.72 Å². The van der Waals surface area contributed by atoms with Gasteiger partial charge in [0.05, 0.1) is 13.5 Å². The zero-order valence-electron chi connectivity index (χ0n) is 17.7. The predicted molar refractivity (Wildman–Crippen MR) is 114 cm³/mol. The maximum atomic E-state index is 13.0. The van der Waals surface area contributed by atoms with Crippen molar-refractivity contribution >= 4 is 5.91 Å². The minimum Gasteiger partial charge on any atom is -0.496 e. The molecule has 4 rings (SSSR count). The Balaban J connectivity index is 1.52. The van der Waals surface area contributed by atoms with Gasteiger partial charge >= 0.3 is 0 Å². The summed E-state index contributed by atoms with van der Waals surface area (Å²) in [5.41, 5.74) is 2.72. The average molecular weight is 406 g/mol. The van der Waals surface area contributed by atoms with Crippen molar-refractivity contribution in [3.8, 4) is 17.3 Å². The molecule has 3 heterocycles. The van der Waals surface area contributed by atoms with E-state index in [9.17, 15) is 4.79 Å². The first-order chi connectivity index (χ1) is 14.5. The topological polar surface area (TPSA) is 73.1 Å². The number of imidazole rings is 1. The van der Waals surface area contributed by atoms with Gasteiger partial charge in [-0.1, -0.05) is 18.2 Å². The van der Waals surface area contributed by atoms with Gasteiger partial charge in [-0.2, -0.15) is 0 Å². The lowest BCUT2D eigenvalue weighted by molar-refractivity contribution is -0.131. The third kappa shape index (κ3) is 4.20. The van der Waals surface area contributed by atoms with Crippen LogP contribution in [0.15, 0.2) is 42.7 Å². The van der Waals surface area contributed by atoms with Gasteiger partial charge in [-0.3, -0.25) is 4.79 Å². The number of rotatable bonds is 5. The summed E-state index contributed by atoms with van der Waals surface area (Å²) in [6.07, 6.45) is 5.99. The molecule has 1 aromatic carbocycles. The Hall–Kier alpha value is -3.22. The second kappa shape index (κ2) is 8.65. The van der Waals surface area contributed by atoms with Gasteiger partial charge in [0.1, 0.15) is 17.3 Å². The molecule has 7 nitrogen and oxygen atoms in total. The molecular weight excluding hydrogens is 378 g/mol. The van der Waals surface area contributed by atoms with E-state index in [0.717, 1.165) is 53.7 Å². The molecule has 3 aromatic rings. The molecule has 0 N–H and O–H groups in total. The van der Waals surface area contributed by atoms with Crippen LogP contribution in [0.2, 0.25) is 0 Å². The molecule has 1 aliphatic rings. The number of hydrogen-bond donors (Lipinski definition) is 0. The fraction of sp³-hybridized carbons (Fsp3) is 0.391. The van der Waals surface area contributed by atoms with Crippen LogP contribution in [0.4, 0.5) is 0 Å². The zero-order valence-corrected chi connectivity index (χ0v) is 17.7. The molecule has 0 radical (unpaired) electrons. The monoisotopic (exact) mass is 405 g/mol. The van der Waals surface area contributed by atoms with Crippen molar-refractivity contribution < 1.29 is 9.53 Å². The number of aryl methyl sites for hydroxylation is 2. The number of piperidine rings is 1. The molecule has 156 valence electrons. The van der Waals surface area contributed by atoms with E-state index in [1.165, 1.54) is 0 Å². The van der Waals surface area contributed by atoms with E-state index in [1.54, 1.807) is 13.3 Å². The van der Waals surface area contributed by atoms with Crippen LogP contribution < -0.4 is 4.74 Å². The highest BCUT2D eigenvalue weighted by molar-refractivity contribution is 5.79. The standard InChI is InChI=1S/C23H27N5O2/c1-16-25-19(14-20(26-16)23-24-10-12-27(23)2)18-8-6-11-28(15-18)22(29)13-17-7-4-5-9-21(17)30-3/h4-5,7,9-10,12,14,18H,6,8,11,13,15H2,1-3H3/t18-/m0/s1. The third-order valence-electron chi connectivity index (χ3n) is 5.63. The van der Waals surface area contributed by atoms with Gasteiger partial charge in [-0.05, 0) is 31.9 Å². The van der Waals surface area contributed by atoms with Crippen LogP contribution in [0.1, 0.15) is 35.8 Å². The summed E-state index contributed by atoms with van der Waals surface area (Å²) in [5, 5.41) is 0. The number of ether oxygens (including phenoxy) is 1. The Bertz CT molecular complexity index is 1050. The van der Waals surface area contributed by atoms with Gasteiger partial charge in [0.15, 0.2) is 5.82 Å². The molecule has 0 aliphatic carbocycles. The fourth-order valence-corrected chi connectivity index (χ4v) is 4.10. The number of para-hydroxylation sites is 1. The highest BCUT2D eigenvalue weighted by Crippen LogP contribution is 2.29. The lowest BCUT2D eigenvalue weighted by Gasteiger charge is -2.33. The van der Waals surface area contributed by atoms with Crippen molar-refractivity contribution in [1.29, 1.82) is 0 Å². The Morgan fingerprint density at radius 2 is 2.10 bits per heavy atom. The molecule has 0 bridgehead atoms. The van der Waals surface area contributed by atoms with Crippen LogP contribution in [-0.2, 0) is 18.3 Å². The van der Waals surface area contributed by atoms with Crippen molar-refractivity contribution in [2.24, 2.45) is 7.05 Å². The number of likely N-dealkylation sites (tertiary alicyclic amines) is 1. The first kappa shape index (κ1) is 20.1. The van der Waals surface area contributed by atoms with Crippen LogP contribution in [-0.4, -0.2) is 50.5 Å². The number of nitrogens with zero attached hydrogens (tertiary/aromatic N) is 5. The zero-order chi connectivity index (χ0) is 21.1. The molecule has 0 saturated carbocycles. The molecule has 2 aromatic heterocycles. The second-order valence-electron chi connectivity index (χ2n) is 7.75. The van der Waals surface area contributed by atoms with Gasteiger partial charge in [-0.15, -0.1) is 0 Å². The molecule has 30 heavy (non-hydrogen) atoms. The molecule has 1 saturated heterocycles. The summed E-state index contributed by atoms with van der Waals surface area (Å²) >= 11 is 0. The quantitative estimate of drug-likeness (QED) is 0.652. The molecular formula is C23H27N5O2. The Labute approximate surface area is 176 Å². The van der Waals surface area contributed by atoms with E-state index in [2.05, 4.69) is 9.97 Å². The average Bonchev–Trinajstić information content (AvgIpc) is 3.19. The molecule has 1 amide bonds. The Morgan fingerprint density at radius 3 is 2.87 bits per heavy atom. The van der Waals surface area contributed by atoms with Crippen molar-refractivity contribution in [2.45, 2.75) is 32.1 Å². The van der Waals surface area contributed by atoms with E-state index >= 15 is 0 Å². The highest BCUT2D eigenvalue weighted by atomic mass is 16.5. The summed E-state index contributed by atoms with van der Waals surface area (Å²) in [6, 6.07) is 9.72. The number of amides is 1. The first-order valence-electron chi connectivity index (χ1n) is 10.3. The number of carbonyl (C=O) groups excluding carboxylic acids is 1. The van der Waals surface area contributed by atoms with Crippen LogP contribution in [0.5, 0.6) is 5.75 Å². The maximum Gasteiger partial charge on any atom is 0.227 e.